The Morgan fingerprint density at radius 1 is 1.22 bits per heavy atom. The molecule has 1 aliphatic rings. The molecular formula is C16H16Cl3NO3. The summed E-state index contributed by atoms with van der Waals surface area (Å²) in [6, 6.07) is 9.00. The van der Waals surface area contributed by atoms with Gasteiger partial charge in [-0.15, -0.1) is 12.4 Å². The van der Waals surface area contributed by atoms with E-state index in [-0.39, 0.29) is 30.5 Å². The van der Waals surface area contributed by atoms with Crippen molar-refractivity contribution in [2.45, 2.75) is 18.6 Å². The molecule has 4 nitrogen and oxygen atoms in total. The zero-order valence-electron chi connectivity index (χ0n) is 12.3. The zero-order valence-corrected chi connectivity index (χ0v) is 14.7. The maximum absolute atomic E-state index is 11.6. The molecule has 3 rings (SSSR count). The van der Waals surface area contributed by atoms with Gasteiger partial charge in [-0.05, 0) is 6.07 Å². The zero-order chi connectivity index (χ0) is 15.7. The Labute approximate surface area is 150 Å². The van der Waals surface area contributed by atoms with Crippen LogP contribution in [0.5, 0.6) is 5.75 Å². The quantitative estimate of drug-likeness (QED) is 0.827. The predicted molar refractivity (Wildman–Crippen MR) is 94.1 cm³/mol. The number of methoxy groups -OCH3 is 1. The second-order valence-electron chi connectivity index (χ2n) is 5.17. The number of hydrogen-bond donors (Lipinski definition) is 1. The summed E-state index contributed by atoms with van der Waals surface area (Å²) in [6.07, 6.45) is 0.395. The third kappa shape index (κ3) is 3.66. The van der Waals surface area contributed by atoms with Crippen molar-refractivity contribution in [3.63, 3.8) is 0 Å². The molecule has 0 aromatic heterocycles. The Bertz CT molecular complexity index is 723. The topological polar surface area (TPSA) is 47.6 Å². The van der Waals surface area contributed by atoms with Gasteiger partial charge in [-0.25, -0.2) is 0 Å². The highest BCUT2D eigenvalue weighted by molar-refractivity contribution is 6.39. The van der Waals surface area contributed by atoms with Crippen molar-refractivity contribution in [1.82, 2.24) is 5.32 Å². The Balaban J connectivity index is 0.00000192. The molecule has 1 heterocycles. The highest BCUT2D eigenvalue weighted by Gasteiger charge is 2.32. The van der Waals surface area contributed by atoms with Gasteiger partial charge in [0.25, 0.3) is 0 Å². The number of esters is 1. The van der Waals surface area contributed by atoms with E-state index in [2.05, 4.69) is 5.32 Å². The number of fused-ring (bicyclic) bond motifs is 1. The predicted octanol–water partition coefficient (Wildman–Crippen LogP) is 3.85. The first kappa shape index (κ1) is 18.1. The molecule has 0 amide bonds. The Kier molecular flexibility index (Phi) is 5.98. The fourth-order valence-electron chi connectivity index (χ4n) is 2.67. The van der Waals surface area contributed by atoms with E-state index in [4.69, 9.17) is 32.7 Å². The van der Waals surface area contributed by atoms with E-state index < -0.39 is 0 Å². The Morgan fingerprint density at radius 2 is 1.91 bits per heavy atom. The first-order chi connectivity index (χ1) is 10.6. The number of ether oxygens (including phenoxy) is 2. The minimum atomic E-state index is -0.340. The molecule has 2 aromatic rings. The molecule has 7 heteroatoms. The lowest BCUT2D eigenvalue weighted by molar-refractivity contribution is -0.142. The maximum atomic E-state index is 11.6. The number of benzene rings is 2. The monoisotopic (exact) mass is 375 g/mol. The van der Waals surface area contributed by atoms with Gasteiger partial charge in [-0.2, -0.15) is 0 Å². The molecule has 0 saturated carbocycles. The number of nitrogens with one attached hydrogen (secondary N) is 1. The van der Waals surface area contributed by atoms with Gasteiger partial charge in [0.05, 0.1) is 17.2 Å². The summed E-state index contributed by atoms with van der Waals surface area (Å²) in [4.78, 5) is 11.6. The average Bonchev–Trinajstić information content (AvgIpc) is 2.99. The highest BCUT2D eigenvalue weighted by atomic mass is 35.5. The van der Waals surface area contributed by atoms with Gasteiger partial charge in [0.15, 0.2) is 0 Å². The first-order valence-corrected chi connectivity index (χ1v) is 7.70. The summed E-state index contributed by atoms with van der Waals surface area (Å²) >= 11 is 12.5. The SMILES string of the molecule is COC(=O)[C@@H]1C[C@H](Oc2c(Cl)cc(Cl)c3ccccc23)CN1.Cl. The molecule has 0 aliphatic carbocycles. The van der Waals surface area contributed by atoms with Gasteiger partial charge < -0.3 is 14.8 Å². The lowest BCUT2D eigenvalue weighted by Gasteiger charge is -2.17. The molecule has 2 atom stereocenters. The van der Waals surface area contributed by atoms with Gasteiger partial charge in [-0.3, -0.25) is 4.79 Å². The summed E-state index contributed by atoms with van der Waals surface area (Å²) in [6.45, 7) is 0.563. The molecule has 0 radical (unpaired) electrons. The molecule has 124 valence electrons. The molecule has 0 unspecified atom stereocenters. The van der Waals surface area contributed by atoms with E-state index in [1.807, 2.05) is 24.3 Å². The Morgan fingerprint density at radius 3 is 2.61 bits per heavy atom. The van der Waals surface area contributed by atoms with Crippen LogP contribution >= 0.6 is 35.6 Å². The summed E-state index contributed by atoms with van der Waals surface area (Å²) < 4.78 is 10.8. The molecule has 0 spiro atoms. The lowest BCUT2D eigenvalue weighted by atomic mass is 10.1. The van der Waals surface area contributed by atoms with Gasteiger partial charge in [-0.1, -0.05) is 47.5 Å². The van der Waals surface area contributed by atoms with Crippen molar-refractivity contribution in [2.24, 2.45) is 0 Å². The summed E-state index contributed by atoms with van der Waals surface area (Å²) in [7, 11) is 1.38. The molecule has 2 aromatic carbocycles. The van der Waals surface area contributed by atoms with Crippen LogP contribution in [0.1, 0.15) is 6.42 Å². The summed E-state index contributed by atoms with van der Waals surface area (Å²) in [5, 5.41) is 5.89. The second kappa shape index (κ2) is 7.58. The largest absolute Gasteiger partial charge is 0.487 e. The van der Waals surface area contributed by atoms with E-state index in [1.54, 1.807) is 6.07 Å². The normalized spacial score (nSPS) is 20.1. The fraction of sp³-hybridized carbons (Fsp3) is 0.312. The molecule has 0 bridgehead atoms. The van der Waals surface area contributed by atoms with Gasteiger partial charge in [0.1, 0.15) is 17.9 Å². The van der Waals surface area contributed by atoms with Crippen molar-refractivity contribution >= 4 is 52.4 Å². The summed E-state index contributed by atoms with van der Waals surface area (Å²) in [5.74, 6) is 0.317. The van der Waals surface area contributed by atoms with Crippen molar-refractivity contribution in [3.05, 3.63) is 40.4 Å². The van der Waals surface area contributed by atoms with Crippen LogP contribution in [-0.2, 0) is 9.53 Å². The number of carbonyl (C=O) groups excluding carboxylic acids is 1. The van der Waals surface area contributed by atoms with E-state index in [1.165, 1.54) is 7.11 Å². The number of carbonyl (C=O) groups is 1. The molecular weight excluding hydrogens is 361 g/mol. The Hall–Kier alpha value is -1.20. The van der Waals surface area contributed by atoms with E-state index in [9.17, 15) is 4.79 Å². The van der Waals surface area contributed by atoms with Crippen LogP contribution in [0.2, 0.25) is 10.0 Å². The molecule has 23 heavy (non-hydrogen) atoms. The number of halogens is 3. The van der Waals surface area contributed by atoms with Crippen molar-refractivity contribution < 1.29 is 14.3 Å². The molecule has 1 fully saturated rings. The van der Waals surface area contributed by atoms with E-state index in [0.29, 0.717) is 28.8 Å². The van der Waals surface area contributed by atoms with Crippen molar-refractivity contribution in [1.29, 1.82) is 0 Å². The molecule has 1 aliphatic heterocycles. The maximum Gasteiger partial charge on any atom is 0.323 e. The lowest BCUT2D eigenvalue weighted by Crippen LogP contribution is -2.31. The minimum Gasteiger partial charge on any atom is -0.487 e. The van der Waals surface area contributed by atoms with Crippen LogP contribution < -0.4 is 10.1 Å². The van der Waals surface area contributed by atoms with Crippen LogP contribution in [0, 0.1) is 0 Å². The van der Waals surface area contributed by atoms with Crippen molar-refractivity contribution in [3.8, 4) is 5.75 Å². The van der Waals surface area contributed by atoms with Gasteiger partial charge >= 0.3 is 5.97 Å². The number of hydrogen-bond acceptors (Lipinski definition) is 4. The standard InChI is InChI=1S/C16H15Cl2NO3.ClH/c1-21-16(20)14-6-9(8-19-14)22-15-11-5-3-2-4-10(11)12(17)7-13(15)18;/h2-5,7,9,14,19H,6,8H2,1H3;1H/t9-,14-;/m0./s1. The minimum absolute atomic E-state index is 0. The van der Waals surface area contributed by atoms with Gasteiger partial charge in [0.2, 0.25) is 0 Å². The highest BCUT2D eigenvalue weighted by Crippen LogP contribution is 2.39. The third-order valence-corrected chi connectivity index (χ3v) is 4.35. The molecule has 1 N–H and O–H groups in total. The fourth-order valence-corrected chi connectivity index (χ4v) is 3.26. The van der Waals surface area contributed by atoms with Crippen LogP contribution in [-0.4, -0.2) is 31.8 Å². The van der Waals surface area contributed by atoms with E-state index in [0.717, 1.165) is 10.8 Å². The molecule has 1 saturated heterocycles. The summed E-state index contributed by atoms with van der Waals surface area (Å²) in [5.41, 5.74) is 0. The van der Waals surface area contributed by atoms with Crippen LogP contribution in [0.25, 0.3) is 10.8 Å². The second-order valence-corrected chi connectivity index (χ2v) is 5.99. The van der Waals surface area contributed by atoms with Crippen LogP contribution in [0.3, 0.4) is 0 Å². The first-order valence-electron chi connectivity index (χ1n) is 6.94. The van der Waals surface area contributed by atoms with E-state index >= 15 is 0 Å². The van der Waals surface area contributed by atoms with Crippen LogP contribution in [0.15, 0.2) is 30.3 Å². The van der Waals surface area contributed by atoms with Crippen molar-refractivity contribution in [2.75, 3.05) is 13.7 Å². The van der Waals surface area contributed by atoms with Gasteiger partial charge in [0, 0.05) is 23.7 Å². The number of rotatable bonds is 3. The third-order valence-electron chi connectivity index (χ3n) is 3.76. The van der Waals surface area contributed by atoms with Crippen LogP contribution in [0.4, 0.5) is 0 Å². The smallest absolute Gasteiger partial charge is 0.323 e. The average molecular weight is 377 g/mol.